The van der Waals surface area contributed by atoms with E-state index in [1.54, 1.807) is 23.9 Å². The number of hydrogen-bond acceptors (Lipinski definition) is 5. The van der Waals surface area contributed by atoms with Gasteiger partial charge in [0.2, 0.25) is 0 Å². The van der Waals surface area contributed by atoms with Gasteiger partial charge >= 0.3 is 0 Å². The van der Waals surface area contributed by atoms with Crippen LogP contribution in [0.15, 0.2) is 107 Å². The molecular formula is C33H28ClN5O2S2. The third-order valence-electron chi connectivity index (χ3n) is 7.77. The molecule has 0 spiro atoms. The lowest BCUT2D eigenvalue weighted by Gasteiger charge is -2.28. The van der Waals surface area contributed by atoms with Gasteiger partial charge in [-0.2, -0.15) is 0 Å². The highest BCUT2D eigenvalue weighted by Crippen LogP contribution is 2.44. The standard InChI is InChI=1S/C33H28ClN5O2S2/c1-20-19-27(22(3)37(20)30-9-6-7-28(34)21(30)2)32-31(29-8-4-5-18-35-29)36-33(42)38(32)23-10-14-25(15-11-23)43-26-16-12-24(13-17-26)39(40)41/h4-19,31-32H,1-3H3,(H,36,42)/t31-,32-/m1/s1. The topological polar surface area (TPSA) is 76.2 Å². The van der Waals surface area contributed by atoms with Gasteiger partial charge in [-0.25, -0.2) is 0 Å². The van der Waals surface area contributed by atoms with E-state index in [0.717, 1.165) is 54.4 Å². The number of nitro groups is 1. The second kappa shape index (κ2) is 11.8. The molecule has 0 bridgehead atoms. The lowest BCUT2D eigenvalue weighted by molar-refractivity contribution is -0.384. The number of anilines is 1. The summed E-state index contributed by atoms with van der Waals surface area (Å²) in [6, 6.07) is 28.6. The largest absolute Gasteiger partial charge is 0.351 e. The molecule has 1 aliphatic rings. The first-order valence-electron chi connectivity index (χ1n) is 13.7. The molecule has 6 rings (SSSR count). The molecule has 3 heterocycles. The van der Waals surface area contributed by atoms with Crippen LogP contribution >= 0.6 is 35.6 Å². The molecule has 1 fully saturated rings. The van der Waals surface area contributed by atoms with E-state index in [2.05, 4.69) is 52.9 Å². The molecule has 5 aromatic rings. The molecule has 0 amide bonds. The van der Waals surface area contributed by atoms with Crippen LogP contribution in [0.25, 0.3) is 5.69 Å². The molecule has 0 unspecified atom stereocenters. The fourth-order valence-electron chi connectivity index (χ4n) is 5.69. The van der Waals surface area contributed by atoms with Crippen molar-refractivity contribution in [3.05, 3.63) is 141 Å². The number of benzene rings is 3. The lowest BCUT2D eigenvalue weighted by Crippen LogP contribution is -2.29. The van der Waals surface area contributed by atoms with Gasteiger partial charge in [0, 0.05) is 55.9 Å². The third-order valence-corrected chi connectivity index (χ3v) is 9.50. The predicted octanol–water partition coefficient (Wildman–Crippen LogP) is 8.69. The van der Waals surface area contributed by atoms with Crippen molar-refractivity contribution in [2.45, 2.75) is 42.6 Å². The van der Waals surface area contributed by atoms with Crippen molar-refractivity contribution >= 4 is 52.1 Å². The molecule has 10 heteroatoms. The van der Waals surface area contributed by atoms with Gasteiger partial charge in [0.1, 0.15) is 0 Å². The predicted molar refractivity (Wildman–Crippen MR) is 177 cm³/mol. The number of nitro benzene ring substituents is 1. The second-order valence-corrected chi connectivity index (χ2v) is 12.3. The number of non-ortho nitro benzene ring substituents is 1. The first-order chi connectivity index (χ1) is 20.7. The zero-order valence-electron chi connectivity index (χ0n) is 23.7. The molecule has 1 N–H and O–H groups in total. The summed E-state index contributed by atoms with van der Waals surface area (Å²) in [6.45, 7) is 6.30. The van der Waals surface area contributed by atoms with Gasteiger partial charge < -0.3 is 14.8 Å². The summed E-state index contributed by atoms with van der Waals surface area (Å²) in [4.78, 5) is 19.4. The molecule has 43 heavy (non-hydrogen) atoms. The minimum absolute atomic E-state index is 0.0770. The van der Waals surface area contributed by atoms with Gasteiger partial charge in [0.05, 0.1) is 22.7 Å². The molecule has 7 nitrogen and oxygen atoms in total. The molecule has 3 aromatic carbocycles. The zero-order valence-corrected chi connectivity index (χ0v) is 26.1. The van der Waals surface area contributed by atoms with Crippen LogP contribution in [-0.4, -0.2) is 19.6 Å². The van der Waals surface area contributed by atoms with Crippen molar-refractivity contribution in [3.63, 3.8) is 0 Å². The Hall–Kier alpha value is -4.18. The summed E-state index contributed by atoms with van der Waals surface area (Å²) < 4.78 is 2.26. The smallest absolute Gasteiger partial charge is 0.269 e. The number of hydrogen-bond donors (Lipinski definition) is 1. The minimum Gasteiger partial charge on any atom is -0.351 e. The van der Waals surface area contributed by atoms with Crippen LogP contribution in [0.4, 0.5) is 11.4 Å². The Labute approximate surface area is 264 Å². The Balaban J connectivity index is 1.39. The maximum atomic E-state index is 11.0. The molecule has 1 saturated heterocycles. The highest BCUT2D eigenvalue weighted by atomic mass is 35.5. The van der Waals surface area contributed by atoms with Crippen molar-refractivity contribution in [1.82, 2.24) is 14.9 Å². The van der Waals surface area contributed by atoms with Gasteiger partial charge in [-0.15, -0.1) is 0 Å². The molecule has 2 atom stereocenters. The van der Waals surface area contributed by atoms with E-state index in [1.165, 1.54) is 12.1 Å². The average molecular weight is 626 g/mol. The van der Waals surface area contributed by atoms with Crippen molar-refractivity contribution in [1.29, 1.82) is 0 Å². The number of nitrogens with one attached hydrogen (secondary N) is 1. The van der Waals surface area contributed by atoms with E-state index < -0.39 is 4.92 Å². The normalized spacial score (nSPS) is 16.4. The number of aryl methyl sites for hydroxylation is 1. The SMILES string of the molecule is Cc1c(Cl)cccc1-n1c(C)cc([C@@H]2[C@@H](c3ccccn3)NC(=S)N2c2ccc(Sc3ccc([N+](=O)[O-])cc3)cc2)c1C. The van der Waals surface area contributed by atoms with E-state index in [0.29, 0.717) is 5.11 Å². The number of halogens is 1. The minimum atomic E-state index is -0.390. The number of pyridine rings is 1. The fourth-order valence-corrected chi connectivity index (χ4v) is 7.02. The van der Waals surface area contributed by atoms with Crippen LogP contribution in [0, 0.1) is 30.9 Å². The quantitative estimate of drug-likeness (QED) is 0.110. The maximum absolute atomic E-state index is 11.0. The van der Waals surface area contributed by atoms with E-state index in [4.69, 9.17) is 28.8 Å². The Kier molecular flexibility index (Phi) is 7.96. The Bertz CT molecular complexity index is 1830. The lowest BCUT2D eigenvalue weighted by atomic mass is 9.96. The van der Waals surface area contributed by atoms with Crippen LogP contribution in [-0.2, 0) is 0 Å². The monoisotopic (exact) mass is 625 g/mol. The molecule has 0 radical (unpaired) electrons. The average Bonchev–Trinajstić information content (AvgIpc) is 3.50. The molecule has 216 valence electrons. The van der Waals surface area contributed by atoms with Crippen LogP contribution in [0.1, 0.15) is 40.3 Å². The van der Waals surface area contributed by atoms with Crippen LogP contribution < -0.4 is 10.2 Å². The zero-order chi connectivity index (χ0) is 30.2. The molecule has 0 aliphatic carbocycles. The maximum Gasteiger partial charge on any atom is 0.269 e. The first-order valence-corrected chi connectivity index (χ1v) is 15.3. The number of thiocarbonyl (C=S) groups is 1. The summed E-state index contributed by atoms with van der Waals surface area (Å²) in [5, 5.41) is 15.9. The van der Waals surface area contributed by atoms with E-state index in [9.17, 15) is 10.1 Å². The summed E-state index contributed by atoms with van der Waals surface area (Å²) >= 11 is 14.0. The van der Waals surface area contributed by atoms with Gasteiger partial charge in [-0.3, -0.25) is 15.1 Å². The van der Waals surface area contributed by atoms with Crippen molar-refractivity contribution in [3.8, 4) is 5.69 Å². The van der Waals surface area contributed by atoms with Crippen LogP contribution in [0.5, 0.6) is 0 Å². The van der Waals surface area contributed by atoms with E-state index in [1.807, 2.05) is 55.6 Å². The molecule has 1 aliphatic heterocycles. The summed E-state index contributed by atoms with van der Waals surface area (Å²) in [7, 11) is 0. The number of nitrogens with zero attached hydrogens (tertiary/aromatic N) is 4. The fraction of sp³-hybridized carbons (Fsp3) is 0.152. The molecule has 0 saturated carbocycles. The van der Waals surface area contributed by atoms with E-state index in [-0.39, 0.29) is 17.8 Å². The first kappa shape index (κ1) is 28.9. The summed E-state index contributed by atoms with van der Waals surface area (Å²) in [5.74, 6) is 0. The third kappa shape index (κ3) is 5.51. The van der Waals surface area contributed by atoms with Gasteiger partial charge in [0.25, 0.3) is 5.69 Å². The van der Waals surface area contributed by atoms with E-state index >= 15 is 0 Å². The Morgan fingerprint density at radius 3 is 2.30 bits per heavy atom. The highest BCUT2D eigenvalue weighted by Gasteiger charge is 2.42. The number of rotatable bonds is 7. The highest BCUT2D eigenvalue weighted by molar-refractivity contribution is 7.99. The van der Waals surface area contributed by atoms with Gasteiger partial charge in [-0.05, 0) is 111 Å². The van der Waals surface area contributed by atoms with Crippen LogP contribution in [0.2, 0.25) is 5.02 Å². The number of aromatic nitrogens is 2. The Morgan fingerprint density at radius 1 is 0.953 bits per heavy atom. The van der Waals surface area contributed by atoms with Gasteiger partial charge in [0.15, 0.2) is 5.11 Å². The molecule has 2 aromatic heterocycles. The van der Waals surface area contributed by atoms with Crippen LogP contribution in [0.3, 0.4) is 0 Å². The summed E-state index contributed by atoms with van der Waals surface area (Å²) in [6.07, 6.45) is 1.81. The second-order valence-electron chi connectivity index (χ2n) is 10.4. The van der Waals surface area contributed by atoms with Crippen molar-refractivity contribution in [2.75, 3.05) is 4.90 Å². The summed E-state index contributed by atoms with van der Waals surface area (Å²) in [5.41, 5.74) is 7.37. The van der Waals surface area contributed by atoms with Crippen molar-refractivity contribution in [2.24, 2.45) is 0 Å². The van der Waals surface area contributed by atoms with Gasteiger partial charge in [-0.1, -0.05) is 35.5 Å². The van der Waals surface area contributed by atoms with Crippen molar-refractivity contribution < 1.29 is 4.92 Å². The molecular weight excluding hydrogens is 598 g/mol. The Morgan fingerprint density at radius 2 is 1.65 bits per heavy atom.